The van der Waals surface area contributed by atoms with Crippen LogP contribution in [0.25, 0.3) is 0 Å². The molecule has 0 radical (unpaired) electrons. The number of piperidine rings is 1. The Morgan fingerprint density at radius 2 is 1.93 bits per heavy atom. The van der Waals surface area contributed by atoms with Gasteiger partial charge in [0, 0.05) is 19.2 Å². The van der Waals surface area contributed by atoms with Crippen molar-refractivity contribution in [1.82, 2.24) is 4.90 Å². The van der Waals surface area contributed by atoms with Crippen LogP contribution in [0.5, 0.6) is 11.5 Å². The number of hydrogen-bond donors (Lipinski definition) is 2. The van der Waals surface area contributed by atoms with Crippen LogP contribution >= 0.6 is 0 Å². The number of hydrogen-bond acceptors (Lipinski definition) is 5. The molecule has 1 fully saturated rings. The highest BCUT2D eigenvalue weighted by Crippen LogP contribution is 2.33. The fourth-order valence-electron chi connectivity index (χ4n) is 3.73. The fraction of sp³-hybridized carbons (Fsp3) is 0.364. The molecule has 1 heterocycles. The van der Waals surface area contributed by atoms with Gasteiger partial charge in [-0.05, 0) is 43.1 Å². The molecule has 30 heavy (non-hydrogen) atoms. The molecule has 2 aromatic rings. The molecule has 0 aromatic heterocycles. The Bertz CT molecular complexity index is 935. The summed E-state index contributed by atoms with van der Waals surface area (Å²) in [6.45, 7) is 1.95. The Balaban J connectivity index is 1.73. The molecule has 0 bridgehead atoms. The van der Waals surface area contributed by atoms with Crippen LogP contribution in [0.4, 0.5) is 10.1 Å². The average Bonchev–Trinajstić information content (AvgIpc) is 2.73. The van der Waals surface area contributed by atoms with Crippen LogP contribution in [-0.2, 0) is 11.3 Å². The molecule has 160 valence electrons. The van der Waals surface area contributed by atoms with Crippen LogP contribution in [0.15, 0.2) is 36.4 Å². The monoisotopic (exact) mass is 415 g/mol. The molecule has 7 nitrogen and oxygen atoms in total. The van der Waals surface area contributed by atoms with Crippen LogP contribution in [0, 0.1) is 11.7 Å². The third kappa shape index (κ3) is 5.07. The van der Waals surface area contributed by atoms with Crippen LogP contribution < -0.4 is 20.5 Å². The van der Waals surface area contributed by atoms with Crippen molar-refractivity contribution in [3.8, 4) is 11.5 Å². The topological polar surface area (TPSA) is 93.9 Å². The fourth-order valence-corrected chi connectivity index (χ4v) is 3.73. The predicted molar refractivity (Wildman–Crippen MR) is 111 cm³/mol. The van der Waals surface area contributed by atoms with Crippen LogP contribution in [0.3, 0.4) is 0 Å². The first-order valence-electron chi connectivity index (χ1n) is 9.74. The zero-order chi connectivity index (χ0) is 21.7. The maximum Gasteiger partial charge on any atom is 0.250 e. The van der Waals surface area contributed by atoms with E-state index in [2.05, 4.69) is 10.2 Å². The summed E-state index contributed by atoms with van der Waals surface area (Å²) in [6.07, 6.45) is 1.58. The molecule has 0 saturated carbocycles. The smallest absolute Gasteiger partial charge is 0.250 e. The van der Waals surface area contributed by atoms with Gasteiger partial charge < -0.3 is 20.5 Å². The highest BCUT2D eigenvalue weighted by molar-refractivity contribution is 6.04. The minimum atomic E-state index is -0.678. The number of likely N-dealkylation sites (tertiary alicyclic amines) is 1. The summed E-state index contributed by atoms with van der Waals surface area (Å²) in [7, 11) is 2.93. The molecular weight excluding hydrogens is 389 g/mol. The van der Waals surface area contributed by atoms with Gasteiger partial charge >= 0.3 is 0 Å². The maximum absolute atomic E-state index is 13.4. The van der Waals surface area contributed by atoms with Gasteiger partial charge in [0.1, 0.15) is 5.82 Å². The van der Waals surface area contributed by atoms with Gasteiger partial charge in [-0.25, -0.2) is 4.39 Å². The molecule has 3 rings (SSSR count). The molecule has 1 aliphatic rings. The number of amides is 2. The number of halogens is 1. The Labute approximate surface area is 174 Å². The van der Waals surface area contributed by atoms with Gasteiger partial charge in [-0.2, -0.15) is 0 Å². The summed E-state index contributed by atoms with van der Waals surface area (Å²) >= 11 is 0. The second-order valence-electron chi connectivity index (χ2n) is 7.31. The molecule has 1 saturated heterocycles. The minimum Gasteiger partial charge on any atom is -0.493 e. The third-order valence-corrected chi connectivity index (χ3v) is 5.22. The van der Waals surface area contributed by atoms with Gasteiger partial charge in [-0.3, -0.25) is 14.5 Å². The maximum atomic E-state index is 13.4. The summed E-state index contributed by atoms with van der Waals surface area (Å²) in [6, 6.07) is 9.46. The van der Waals surface area contributed by atoms with E-state index in [4.69, 9.17) is 15.2 Å². The van der Waals surface area contributed by atoms with Gasteiger partial charge in [0.05, 0.1) is 31.4 Å². The molecule has 0 spiro atoms. The number of carbonyl (C=O) groups excluding carboxylic acids is 2. The van der Waals surface area contributed by atoms with Crippen molar-refractivity contribution in [2.45, 2.75) is 19.4 Å². The molecule has 8 heteroatoms. The SMILES string of the molecule is COc1cc(NC(=O)C2CCCN(Cc3cccc(F)c3)C2)c(C(N)=O)cc1OC. The van der Waals surface area contributed by atoms with Crippen molar-refractivity contribution >= 4 is 17.5 Å². The number of methoxy groups -OCH3 is 2. The van der Waals surface area contributed by atoms with Crippen molar-refractivity contribution in [3.05, 3.63) is 53.3 Å². The largest absolute Gasteiger partial charge is 0.493 e. The van der Waals surface area contributed by atoms with E-state index in [-0.39, 0.29) is 28.9 Å². The van der Waals surface area contributed by atoms with E-state index in [1.54, 1.807) is 6.07 Å². The van der Waals surface area contributed by atoms with E-state index < -0.39 is 5.91 Å². The van der Waals surface area contributed by atoms with Crippen molar-refractivity contribution in [3.63, 3.8) is 0 Å². The van der Waals surface area contributed by atoms with Crippen LogP contribution in [0.1, 0.15) is 28.8 Å². The third-order valence-electron chi connectivity index (χ3n) is 5.22. The Kier molecular flexibility index (Phi) is 6.89. The first-order chi connectivity index (χ1) is 14.4. The lowest BCUT2D eigenvalue weighted by molar-refractivity contribution is -0.121. The molecule has 1 atom stereocenters. The summed E-state index contributed by atoms with van der Waals surface area (Å²) in [5.74, 6) is -0.680. The number of anilines is 1. The Morgan fingerprint density at radius 1 is 1.20 bits per heavy atom. The Morgan fingerprint density at radius 3 is 2.60 bits per heavy atom. The lowest BCUT2D eigenvalue weighted by atomic mass is 9.96. The quantitative estimate of drug-likeness (QED) is 0.725. The molecule has 2 aromatic carbocycles. The zero-order valence-corrected chi connectivity index (χ0v) is 17.1. The van der Waals surface area contributed by atoms with Crippen molar-refractivity contribution in [2.24, 2.45) is 11.7 Å². The normalized spacial score (nSPS) is 16.7. The van der Waals surface area contributed by atoms with E-state index in [0.717, 1.165) is 24.9 Å². The van der Waals surface area contributed by atoms with Crippen LogP contribution in [0.2, 0.25) is 0 Å². The predicted octanol–water partition coefficient (Wildman–Crippen LogP) is 2.79. The van der Waals surface area contributed by atoms with E-state index in [1.807, 2.05) is 6.07 Å². The van der Waals surface area contributed by atoms with E-state index in [0.29, 0.717) is 24.6 Å². The zero-order valence-electron chi connectivity index (χ0n) is 17.1. The number of primary amides is 1. The lowest BCUT2D eigenvalue weighted by Gasteiger charge is -2.32. The van der Waals surface area contributed by atoms with Gasteiger partial charge in [0.2, 0.25) is 5.91 Å². The van der Waals surface area contributed by atoms with Crippen molar-refractivity contribution in [2.75, 3.05) is 32.6 Å². The standard InChI is InChI=1S/C22H26FN3O4/c1-29-19-10-17(21(24)27)18(11-20(19)30-2)25-22(28)15-6-4-8-26(13-15)12-14-5-3-7-16(23)9-14/h3,5,7,9-11,15H,4,6,8,12-13H2,1-2H3,(H2,24,27)(H,25,28). The number of carbonyl (C=O) groups is 2. The van der Waals surface area contributed by atoms with Crippen molar-refractivity contribution in [1.29, 1.82) is 0 Å². The highest BCUT2D eigenvalue weighted by atomic mass is 19.1. The number of nitrogens with two attached hydrogens (primary N) is 1. The Hall–Kier alpha value is -3.13. The first-order valence-corrected chi connectivity index (χ1v) is 9.74. The molecule has 1 unspecified atom stereocenters. The number of rotatable bonds is 7. The van der Waals surface area contributed by atoms with Crippen molar-refractivity contribution < 1.29 is 23.5 Å². The molecule has 1 aliphatic heterocycles. The second-order valence-corrected chi connectivity index (χ2v) is 7.31. The summed E-state index contributed by atoms with van der Waals surface area (Å²) in [5, 5.41) is 2.82. The molecule has 0 aliphatic carbocycles. The van der Waals surface area contributed by atoms with E-state index >= 15 is 0 Å². The molecular formula is C22H26FN3O4. The highest BCUT2D eigenvalue weighted by Gasteiger charge is 2.27. The second kappa shape index (κ2) is 9.58. The molecule has 3 N–H and O–H groups in total. The van der Waals surface area contributed by atoms with Crippen LogP contribution in [-0.4, -0.2) is 44.0 Å². The summed E-state index contributed by atoms with van der Waals surface area (Å²) in [4.78, 5) is 26.9. The van der Waals surface area contributed by atoms with Gasteiger partial charge in [0.25, 0.3) is 5.91 Å². The first kappa shape index (κ1) is 21.6. The summed E-state index contributed by atoms with van der Waals surface area (Å²) < 4.78 is 23.9. The van der Waals surface area contributed by atoms with Gasteiger partial charge in [-0.1, -0.05) is 12.1 Å². The summed E-state index contributed by atoms with van der Waals surface area (Å²) in [5.41, 5.74) is 6.78. The average molecular weight is 415 g/mol. The molecule has 2 amide bonds. The number of ether oxygens (including phenoxy) is 2. The number of benzene rings is 2. The minimum absolute atomic E-state index is 0.147. The van der Waals surface area contributed by atoms with E-state index in [9.17, 15) is 14.0 Å². The van der Waals surface area contributed by atoms with E-state index in [1.165, 1.54) is 38.5 Å². The van der Waals surface area contributed by atoms with Gasteiger partial charge in [-0.15, -0.1) is 0 Å². The lowest BCUT2D eigenvalue weighted by Crippen LogP contribution is -2.40. The number of nitrogens with one attached hydrogen (secondary N) is 1. The van der Waals surface area contributed by atoms with Gasteiger partial charge in [0.15, 0.2) is 11.5 Å². The number of nitrogens with zero attached hydrogens (tertiary/aromatic N) is 1.